The van der Waals surface area contributed by atoms with E-state index >= 15 is 0 Å². The molecule has 5 rings (SSSR count). The van der Waals surface area contributed by atoms with E-state index in [0.717, 1.165) is 42.8 Å². The van der Waals surface area contributed by atoms with Crippen LogP contribution in [0.5, 0.6) is 17.2 Å². The lowest BCUT2D eigenvalue weighted by atomic mass is 10.1. The van der Waals surface area contributed by atoms with Crippen molar-refractivity contribution in [3.8, 4) is 28.7 Å². The van der Waals surface area contributed by atoms with Crippen LogP contribution < -0.4 is 14.8 Å². The monoisotopic (exact) mass is 420 g/mol. The van der Waals surface area contributed by atoms with Crippen LogP contribution in [0.4, 0.5) is 0 Å². The first-order chi connectivity index (χ1) is 14.7. The molecule has 2 heterocycles. The molecule has 5 nitrogen and oxygen atoms in total. The average Bonchev–Trinajstić information content (AvgIpc) is 3.20. The largest absolute Gasteiger partial charge is 0.490 e. The first kappa shape index (κ1) is 19.0. The summed E-state index contributed by atoms with van der Waals surface area (Å²) in [7, 11) is 0. The Hall–Kier alpha value is -3.02. The van der Waals surface area contributed by atoms with E-state index in [-0.39, 0.29) is 6.10 Å². The van der Waals surface area contributed by atoms with Gasteiger partial charge in [-0.2, -0.15) is 0 Å². The van der Waals surface area contributed by atoms with Crippen LogP contribution in [-0.2, 0) is 0 Å². The van der Waals surface area contributed by atoms with Crippen LogP contribution in [0, 0.1) is 0 Å². The number of ether oxygens (including phenoxy) is 2. The van der Waals surface area contributed by atoms with E-state index in [1.807, 2.05) is 54.6 Å². The maximum Gasteiger partial charge on any atom is 0.227 e. The maximum absolute atomic E-state index is 6.07. The number of nitrogens with one attached hydrogen (secondary N) is 1. The van der Waals surface area contributed by atoms with Crippen molar-refractivity contribution in [3.05, 3.63) is 71.8 Å². The van der Waals surface area contributed by atoms with Crippen LogP contribution in [0.2, 0.25) is 5.02 Å². The van der Waals surface area contributed by atoms with Gasteiger partial charge in [-0.15, -0.1) is 0 Å². The van der Waals surface area contributed by atoms with Gasteiger partial charge in [-0.3, -0.25) is 0 Å². The highest BCUT2D eigenvalue weighted by molar-refractivity contribution is 6.30. The number of oxazole rings is 1. The van der Waals surface area contributed by atoms with Crippen LogP contribution in [0.1, 0.15) is 12.8 Å². The molecular weight excluding hydrogens is 400 g/mol. The lowest BCUT2D eigenvalue weighted by molar-refractivity contribution is 0.162. The second-order valence-corrected chi connectivity index (χ2v) is 7.73. The Morgan fingerprint density at radius 3 is 2.33 bits per heavy atom. The van der Waals surface area contributed by atoms with E-state index in [1.54, 1.807) is 12.1 Å². The molecule has 1 aromatic heterocycles. The molecule has 0 amide bonds. The molecule has 0 spiro atoms. The normalized spacial score (nSPS) is 14.7. The summed E-state index contributed by atoms with van der Waals surface area (Å²) in [4.78, 5) is 4.60. The summed E-state index contributed by atoms with van der Waals surface area (Å²) in [5.41, 5.74) is 2.36. The standard InChI is InChI=1S/C24H21ClN2O3/c25-17-3-7-19(8-4-17)29-21-9-10-22-23(15-21)30-24(27-22)16-1-5-18(6-2-16)28-20-11-13-26-14-12-20/h1-10,15,20,26H,11-14H2. The molecular formula is C24H21ClN2O3. The van der Waals surface area contributed by atoms with Crippen molar-refractivity contribution in [1.82, 2.24) is 10.3 Å². The summed E-state index contributed by atoms with van der Waals surface area (Å²) in [6.07, 6.45) is 2.35. The van der Waals surface area contributed by atoms with E-state index in [0.29, 0.717) is 28.0 Å². The van der Waals surface area contributed by atoms with E-state index < -0.39 is 0 Å². The minimum atomic E-state index is 0.278. The van der Waals surface area contributed by atoms with Crippen molar-refractivity contribution in [2.45, 2.75) is 18.9 Å². The van der Waals surface area contributed by atoms with Gasteiger partial charge >= 0.3 is 0 Å². The number of aromatic nitrogens is 1. The molecule has 1 aliphatic heterocycles. The third-order valence-corrected chi connectivity index (χ3v) is 5.35. The van der Waals surface area contributed by atoms with Crippen molar-refractivity contribution in [3.63, 3.8) is 0 Å². The van der Waals surface area contributed by atoms with Crippen molar-refractivity contribution in [2.24, 2.45) is 0 Å². The Bertz CT molecular complexity index is 1130. The number of fused-ring (bicyclic) bond motifs is 1. The molecule has 0 unspecified atom stereocenters. The van der Waals surface area contributed by atoms with Gasteiger partial charge in [0.05, 0.1) is 0 Å². The SMILES string of the molecule is Clc1ccc(Oc2ccc3nc(-c4ccc(OC5CCNCC5)cc4)oc3c2)cc1. The molecule has 0 aliphatic carbocycles. The number of piperidine rings is 1. The first-order valence-corrected chi connectivity index (χ1v) is 10.4. The molecule has 1 saturated heterocycles. The van der Waals surface area contributed by atoms with Gasteiger partial charge in [0.25, 0.3) is 0 Å². The summed E-state index contributed by atoms with van der Waals surface area (Å²) in [6, 6.07) is 20.7. The van der Waals surface area contributed by atoms with Crippen LogP contribution in [0.15, 0.2) is 71.1 Å². The second-order valence-electron chi connectivity index (χ2n) is 7.30. The molecule has 1 fully saturated rings. The van der Waals surface area contributed by atoms with Gasteiger partial charge in [-0.1, -0.05) is 11.6 Å². The molecule has 152 valence electrons. The zero-order chi connectivity index (χ0) is 20.3. The molecule has 6 heteroatoms. The number of benzene rings is 3. The summed E-state index contributed by atoms with van der Waals surface area (Å²) in [5.74, 6) is 2.84. The first-order valence-electron chi connectivity index (χ1n) is 10.0. The quantitative estimate of drug-likeness (QED) is 0.424. The Kier molecular flexibility index (Phi) is 5.30. The Morgan fingerprint density at radius 2 is 1.57 bits per heavy atom. The summed E-state index contributed by atoms with van der Waals surface area (Å²) < 4.78 is 17.9. The molecule has 30 heavy (non-hydrogen) atoms. The van der Waals surface area contributed by atoms with Crippen molar-refractivity contribution in [1.29, 1.82) is 0 Å². The van der Waals surface area contributed by atoms with Gasteiger partial charge in [-0.05, 0) is 86.6 Å². The van der Waals surface area contributed by atoms with Gasteiger partial charge in [0.2, 0.25) is 5.89 Å². The smallest absolute Gasteiger partial charge is 0.227 e. The number of rotatable bonds is 5. The van der Waals surface area contributed by atoms with Crippen LogP contribution in [0.3, 0.4) is 0 Å². The van der Waals surface area contributed by atoms with Crippen LogP contribution in [-0.4, -0.2) is 24.2 Å². The average molecular weight is 421 g/mol. The van der Waals surface area contributed by atoms with E-state index in [1.165, 1.54) is 0 Å². The third kappa shape index (κ3) is 4.27. The fourth-order valence-corrected chi connectivity index (χ4v) is 3.64. The van der Waals surface area contributed by atoms with Gasteiger partial charge < -0.3 is 19.2 Å². The summed E-state index contributed by atoms with van der Waals surface area (Å²) >= 11 is 5.92. The van der Waals surface area contributed by atoms with Gasteiger partial charge in [-0.25, -0.2) is 4.98 Å². The van der Waals surface area contributed by atoms with Crippen molar-refractivity contribution >= 4 is 22.7 Å². The third-order valence-electron chi connectivity index (χ3n) is 5.10. The molecule has 0 radical (unpaired) electrons. The number of hydrogen-bond donors (Lipinski definition) is 1. The molecule has 0 atom stereocenters. The minimum Gasteiger partial charge on any atom is -0.490 e. The van der Waals surface area contributed by atoms with E-state index in [2.05, 4.69) is 10.3 Å². The highest BCUT2D eigenvalue weighted by Crippen LogP contribution is 2.30. The topological polar surface area (TPSA) is 56.5 Å². The highest BCUT2D eigenvalue weighted by atomic mass is 35.5. The lowest BCUT2D eigenvalue weighted by Crippen LogP contribution is -2.34. The molecule has 4 aromatic rings. The predicted octanol–water partition coefficient (Wildman–Crippen LogP) is 6.07. The summed E-state index contributed by atoms with van der Waals surface area (Å²) in [6.45, 7) is 2.02. The Morgan fingerprint density at radius 1 is 0.867 bits per heavy atom. The Balaban J connectivity index is 1.32. The molecule has 1 aliphatic rings. The second kappa shape index (κ2) is 8.38. The number of halogens is 1. The molecule has 1 N–H and O–H groups in total. The van der Waals surface area contributed by atoms with E-state index in [9.17, 15) is 0 Å². The Labute approximate surface area is 179 Å². The van der Waals surface area contributed by atoms with Crippen molar-refractivity contribution in [2.75, 3.05) is 13.1 Å². The van der Waals surface area contributed by atoms with Crippen LogP contribution in [0.25, 0.3) is 22.6 Å². The van der Waals surface area contributed by atoms with Gasteiger partial charge in [0.1, 0.15) is 28.9 Å². The zero-order valence-corrected chi connectivity index (χ0v) is 17.1. The fraction of sp³-hybridized carbons (Fsp3) is 0.208. The molecule has 0 saturated carbocycles. The zero-order valence-electron chi connectivity index (χ0n) is 16.3. The predicted molar refractivity (Wildman–Crippen MR) is 117 cm³/mol. The lowest BCUT2D eigenvalue weighted by Gasteiger charge is -2.23. The van der Waals surface area contributed by atoms with Gasteiger partial charge in [0, 0.05) is 16.7 Å². The number of hydrogen-bond acceptors (Lipinski definition) is 5. The van der Waals surface area contributed by atoms with E-state index in [4.69, 9.17) is 25.5 Å². The molecule has 3 aromatic carbocycles. The number of nitrogens with zero attached hydrogens (tertiary/aromatic N) is 1. The van der Waals surface area contributed by atoms with Crippen LogP contribution >= 0.6 is 11.6 Å². The summed E-state index contributed by atoms with van der Waals surface area (Å²) in [5, 5.41) is 4.02. The maximum atomic E-state index is 6.07. The van der Waals surface area contributed by atoms with Gasteiger partial charge in [0.15, 0.2) is 5.58 Å². The fourth-order valence-electron chi connectivity index (χ4n) is 3.51. The highest BCUT2D eigenvalue weighted by Gasteiger charge is 2.15. The molecule has 0 bridgehead atoms. The van der Waals surface area contributed by atoms with Crippen molar-refractivity contribution < 1.29 is 13.9 Å². The minimum absolute atomic E-state index is 0.278.